The highest BCUT2D eigenvalue weighted by molar-refractivity contribution is 6.31. The van der Waals surface area contributed by atoms with Crippen LogP contribution in [0.2, 0.25) is 5.02 Å². The van der Waals surface area contributed by atoms with Gasteiger partial charge in [-0.25, -0.2) is 4.39 Å². The predicted octanol–water partition coefficient (Wildman–Crippen LogP) is 6.68. The molecule has 0 aliphatic carbocycles. The smallest absolute Gasteiger partial charge is 0.363 e. The second kappa shape index (κ2) is 12.3. The first kappa shape index (κ1) is 29.5. The van der Waals surface area contributed by atoms with Crippen molar-refractivity contribution in [3.05, 3.63) is 111 Å². The number of benzene rings is 3. The number of halogens is 5. The predicted molar refractivity (Wildman–Crippen MR) is 148 cm³/mol. The zero-order valence-corrected chi connectivity index (χ0v) is 22.6. The van der Waals surface area contributed by atoms with Crippen LogP contribution in [0, 0.1) is 12.7 Å². The van der Waals surface area contributed by atoms with Crippen molar-refractivity contribution in [2.24, 2.45) is 10.7 Å². The Morgan fingerprint density at radius 2 is 1.88 bits per heavy atom. The van der Waals surface area contributed by atoms with Gasteiger partial charge in [-0.15, -0.1) is 0 Å². The van der Waals surface area contributed by atoms with E-state index in [2.05, 4.69) is 10.3 Å². The molecule has 0 aromatic heterocycles. The molecule has 5 nitrogen and oxygen atoms in total. The molecule has 1 aliphatic heterocycles. The SMILES string of the molecule is Cc1ccc(F)c(Cl)c1C(C)OC1C=C(c2ccc(C(=O)NCCc3cccc(C(F)(F)F)c3)cc2)C=NC1N. The molecular formula is C30H28ClF4N3O2. The Kier molecular flexibility index (Phi) is 9.08. The van der Waals surface area contributed by atoms with E-state index >= 15 is 0 Å². The number of carbonyl (C=O) groups excluding carboxylic acids is 1. The average molecular weight is 574 g/mol. The lowest BCUT2D eigenvalue weighted by atomic mass is 9.99. The molecule has 0 radical (unpaired) electrons. The summed E-state index contributed by atoms with van der Waals surface area (Å²) in [6, 6.07) is 14.8. The van der Waals surface area contributed by atoms with Crippen LogP contribution in [0.25, 0.3) is 5.57 Å². The van der Waals surface area contributed by atoms with Crippen LogP contribution >= 0.6 is 11.6 Å². The van der Waals surface area contributed by atoms with E-state index in [-0.39, 0.29) is 23.9 Å². The van der Waals surface area contributed by atoms with Crippen LogP contribution in [-0.4, -0.2) is 30.9 Å². The highest BCUT2D eigenvalue weighted by Gasteiger charge is 2.30. The highest BCUT2D eigenvalue weighted by Crippen LogP contribution is 2.33. The fourth-order valence-corrected chi connectivity index (χ4v) is 4.83. The van der Waals surface area contributed by atoms with Crippen LogP contribution in [0.15, 0.2) is 71.7 Å². The van der Waals surface area contributed by atoms with E-state index in [9.17, 15) is 22.4 Å². The molecule has 4 rings (SSSR count). The van der Waals surface area contributed by atoms with Crippen LogP contribution in [0.1, 0.15) is 51.2 Å². The summed E-state index contributed by atoms with van der Waals surface area (Å²) in [5, 5.41) is 2.74. The highest BCUT2D eigenvalue weighted by atomic mass is 35.5. The van der Waals surface area contributed by atoms with Gasteiger partial charge >= 0.3 is 6.18 Å². The van der Waals surface area contributed by atoms with Crippen LogP contribution < -0.4 is 11.1 Å². The number of hydrogen-bond donors (Lipinski definition) is 2. The van der Waals surface area contributed by atoms with Gasteiger partial charge in [0.2, 0.25) is 0 Å². The number of nitrogens with zero attached hydrogens (tertiary/aromatic N) is 1. The largest absolute Gasteiger partial charge is 0.416 e. The molecule has 0 saturated heterocycles. The molecule has 0 spiro atoms. The second-order valence-corrected chi connectivity index (χ2v) is 9.88. The lowest BCUT2D eigenvalue weighted by molar-refractivity contribution is -0.137. The van der Waals surface area contributed by atoms with Crippen molar-refractivity contribution < 1.29 is 27.1 Å². The average Bonchev–Trinajstić information content (AvgIpc) is 2.92. The van der Waals surface area contributed by atoms with Gasteiger partial charge in [0.15, 0.2) is 0 Å². The topological polar surface area (TPSA) is 76.7 Å². The number of carbonyl (C=O) groups is 1. The minimum absolute atomic E-state index is 0.00766. The number of rotatable bonds is 8. The van der Waals surface area contributed by atoms with E-state index in [4.69, 9.17) is 22.1 Å². The van der Waals surface area contributed by atoms with Crippen molar-refractivity contribution >= 4 is 29.3 Å². The van der Waals surface area contributed by atoms with Crippen LogP contribution in [0.4, 0.5) is 17.6 Å². The molecule has 3 N–H and O–H groups in total. The van der Waals surface area contributed by atoms with Gasteiger partial charge in [-0.3, -0.25) is 9.79 Å². The van der Waals surface area contributed by atoms with Gasteiger partial charge in [0.25, 0.3) is 5.91 Å². The Labute approximate surface area is 234 Å². The summed E-state index contributed by atoms with van der Waals surface area (Å²) < 4.78 is 58.9. The number of amides is 1. The normalized spacial score (nSPS) is 17.9. The summed E-state index contributed by atoms with van der Waals surface area (Å²) in [7, 11) is 0. The maximum Gasteiger partial charge on any atom is 0.416 e. The van der Waals surface area contributed by atoms with E-state index in [0.29, 0.717) is 16.7 Å². The number of ether oxygens (including phenoxy) is 1. The number of nitrogens with one attached hydrogen (secondary N) is 1. The molecule has 0 bridgehead atoms. The zero-order valence-electron chi connectivity index (χ0n) is 21.8. The summed E-state index contributed by atoms with van der Waals surface area (Å²) in [6.45, 7) is 3.78. The molecule has 1 aliphatic rings. The first-order valence-corrected chi connectivity index (χ1v) is 13.0. The molecule has 0 saturated carbocycles. The molecule has 1 heterocycles. The molecule has 3 atom stereocenters. The first-order chi connectivity index (χ1) is 18.9. The van der Waals surface area contributed by atoms with Gasteiger partial charge in [-0.05, 0) is 72.9 Å². The Balaban J connectivity index is 1.38. The van der Waals surface area contributed by atoms with Crippen molar-refractivity contribution in [1.82, 2.24) is 5.32 Å². The Bertz CT molecular complexity index is 1440. The van der Waals surface area contributed by atoms with Crippen LogP contribution in [-0.2, 0) is 17.3 Å². The van der Waals surface area contributed by atoms with Crippen molar-refractivity contribution in [2.75, 3.05) is 6.54 Å². The minimum atomic E-state index is -4.41. The maximum absolute atomic E-state index is 14.0. The first-order valence-electron chi connectivity index (χ1n) is 12.6. The van der Waals surface area contributed by atoms with Crippen LogP contribution in [0.5, 0.6) is 0 Å². The van der Waals surface area contributed by atoms with Crippen LogP contribution in [0.3, 0.4) is 0 Å². The lowest BCUT2D eigenvalue weighted by Crippen LogP contribution is -2.36. The van der Waals surface area contributed by atoms with Gasteiger partial charge in [-0.2, -0.15) is 13.2 Å². The number of aliphatic imine (C=N–C) groups is 1. The summed E-state index contributed by atoms with van der Waals surface area (Å²) in [5.74, 6) is -0.871. The van der Waals surface area contributed by atoms with Gasteiger partial charge in [-0.1, -0.05) is 48.0 Å². The fourth-order valence-electron chi connectivity index (χ4n) is 4.47. The van der Waals surface area contributed by atoms with Gasteiger partial charge in [0, 0.05) is 23.9 Å². The number of hydrogen-bond acceptors (Lipinski definition) is 4. The lowest BCUT2D eigenvalue weighted by Gasteiger charge is -2.27. The number of aryl methyl sites for hydroxylation is 1. The Hall–Kier alpha value is -3.53. The zero-order chi connectivity index (χ0) is 29.0. The fraction of sp³-hybridized carbons (Fsp3) is 0.267. The Morgan fingerprint density at radius 1 is 1.15 bits per heavy atom. The van der Waals surface area contributed by atoms with Crippen molar-refractivity contribution in [1.29, 1.82) is 0 Å². The third-order valence-corrected chi connectivity index (χ3v) is 7.00. The molecule has 3 unspecified atom stereocenters. The Morgan fingerprint density at radius 3 is 2.58 bits per heavy atom. The third kappa shape index (κ3) is 6.96. The van der Waals surface area contributed by atoms with Crippen molar-refractivity contribution in [2.45, 2.75) is 44.8 Å². The standard InChI is InChI=1S/C30H28ClF4N3O2/c1-17-6-11-24(32)27(31)26(17)18(2)40-25-15-22(16-38-28(25)36)20-7-9-21(10-8-20)29(39)37-13-12-19-4-3-5-23(14-19)30(33,34)35/h3-11,14-16,18,25,28H,12-13,36H2,1-2H3,(H,37,39). The number of dihydropyridines is 1. The number of alkyl halides is 3. The maximum atomic E-state index is 14.0. The quantitative estimate of drug-likeness (QED) is 0.295. The molecule has 3 aromatic carbocycles. The summed E-state index contributed by atoms with van der Waals surface area (Å²) in [4.78, 5) is 16.9. The summed E-state index contributed by atoms with van der Waals surface area (Å²) >= 11 is 6.19. The van der Waals surface area contributed by atoms with E-state index < -0.39 is 35.9 Å². The van der Waals surface area contributed by atoms with E-state index in [1.54, 1.807) is 49.5 Å². The van der Waals surface area contributed by atoms with Gasteiger partial charge in [0.05, 0.1) is 16.7 Å². The molecule has 40 heavy (non-hydrogen) atoms. The number of allylic oxidation sites excluding steroid dienone is 1. The van der Waals surface area contributed by atoms with E-state index in [1.165, 1.54) is 12.1 Å². The number of nitrogens with two attached hydrogens (primary N) is 1. The minimum Gasteiger partial charge on any atom is -0.363 e. The summed E-state index contributed by atoms with van der Waals surface area (Å²) in [5.41, 5.74) is 9.15. The molecular weight excluding hydrogens is 546 g/mol. The summed E-state index contributed by atoms with van der Waals surface area (Å²) in [6.07, 6.45) is -2.53. The molecule has 1 amide bonds. The van der Waals surface area contributed by atoms with Crippen molar-refractivity contribution in [3.63, 3.8) is 0 Å². The molecule has 0 fully saturated rings. The van der Waals surface area contributed by atoms with Gasteiger partial charge < -0.3 is 15.8 Å². The van der Waals surface area contributed by atoms with Gasteiger partial charge in [0.1, 0.15) is 18.1 Å². The second-order valence-electron chi connectivity index (χ2n) is 9.51. The molecule has 3 aromatic rings. The molecule has 10 heteroatoms. The monoisotopic (exact) mass is 573 g/mol. The third-order valence-electron chi connectivity index (χ3n) is 6.62. The van der Waals surface area contributed by atoms with Crippen molar-refractivity contribution in [3.8, 4) is 0 Å². The van der Waals surface area contributed by atoms with E-state index in [1.807, 2.05) is 13.0 Å². The van der Waals surface area contributed by atoms with E-state index in [0.717, 1.165) is 28.8 Å². The molecule has 210 valence electrons.